The van der Waals surface area contributed by atoms with Gasteiger partial charge in [0.1, 0.15) is 0 Å². The molecule has 104 valence electrons. The molecule has 6 nitrogen and oxygen atoms in total. The smallest absolute Gasteiger partial charge is 0.311 e. The Balaban J connectivity index is 2.83. The zero-order valence-electron chi connectivity index (χ0n) is 10.9. The van der Waals surface area contributed by atoms with Crippen molar-refractivity contribution >= 4 is 38.7 Å². The lowest BCUT2D eigenvalue weighted by atomic mass is 10.3. The first-order chi connectivity index (χ1) is 8.88. The van der Waals surface area contributed by atoms with Crippen molar-refractivity contribution in [3.8, 4) is 0 Å². The van der Waals surface area contributed by atoms with Crippen LogP contribution in [0.25, 0.3) is 11.2 Å². The van der Waals surface area contributed by atoms with Gasteiger partial charge >= 0.3 is 5.69 Å². The highest BCUT2D eigenvalue weighted by Crippen LogP contribution is 2.18. The lowest BCUT2D eigenvalue weighted by Gasteiger charge is -2.10. The number of aryl methyl sites for hydroxylation is 1. The van der Waals surface area contributed by atoms with Gasteiger partial charge in [-0.15, -0.1) is 11.6 Å². The van der Waals surface area contributed by atoms with Crippen molar-refractivity contribution in [2.24, 2.45) is 14.1 Å². The van der Waals surface area contributed by atoms with Crippen LogP contribution in [0.2, 0.25) is 0 Å². The second-order valence-corrected chi connectivity index (χ2v) is 5.70. The molecule has 2 aromatic rings. The lowest BCUT2D eigenvalue weighted by Crippen LogP contribution is -2.37. The van der Waals surface area contributed by atoms with Crippen LogP contribution < -0.4 is 11.2 Å². The fourth-order valence-electron chi connectivity index (χ4n) is 1.91. The number of hydrogen-bond acceptors (Lipinski definition) is 3. The van der Waals surface area contributed by atoms with Gasteiger partial charge in [-0.2, -0.15) is 0 Å². The van der Waals surface area contributed by atoms with Gasteiger partial charge in [-0.25, -0.2) is 9.78 Å². The second kappa shape index (κ2) is 5.13. The fourth-order valence-corrected chi connectivity index (χ4v) is 2.54. The molecule has 19 heavy (non-hydrogen) atoms. The topological polar surface area (TPSA) is 61.8 Å². The minimum absolute atomic E-state index is 0.101. The third-order valence-electron chi connectivity index (χ3n) is 3.13. The van der Waals surface area contributed by atoms with E-state index in [0.29, 0.717) is 22.4 Å². The molecule has 2 heterocycles. The average Bonchev–Trinajstić information content (AvgIpc) is 2.71. The third kappa shape index (κ3) is 2.25. The predicted molar refractivity (Wildman–Crippen MR) is 77.8 cm³/mol. The normalized spacial score (nSPS) is 13.1. The van der Waals surface area contributed by atoms with Crippen molar-refractivity contribution in [3.05, 3.63) is 25.6 Å². The summed E-state index contributed by atoms with van der Waals surface area (Å²) in [6.07, 6.45) is 0.778. The van der Waals surface area contributed by atoms with E-state index in [1.807, 2.05) is 6.92 Å². The summed E-state index contributed by atoms with van der Waals surface area (Å²) in [4.78, 5) is 28.3. The van der Waals surface area contributed by atoms with E-state index in [9.17, 15) is 9.59 Å². The predicted octanol–water partition coefficient (Wildman–Crippen LogP) is 1.21. The van der Waals surface area contributed by atoms with Crippen molar-refractivity contribution in [2.45, 2.75) is 25.3 Å². The minimum Gasteiger partial charge on any atom is -0.311 e. The van der Waals surface area contributed by atoms with E-state index in [1.165, 1.54) is 11.6 Å². The van der Waals surface area contributed by atoms with Gasteiger partial charge in [-0.1, -0.05) is 6.92 Å². The van der Waals surface area contributed by atoms with Gasteiger partial charge in [0.2, 0.25) is 0 Å². The molecular formula is C11H14BrClN4O2. The summed E-state index contributed by atoms with van der Waals surface area (Å²) in [6, 6.07) is 0. The molecule has 8 heteroatoms. The van der Waals surface area contributed by atoms with Crippen molar-refractivity contribution in [1.82, 2.24) is 18.7 Å². The van der Waals surface area contributed by atoms with Gasteiger partial charge in [-0.05, 0) is 22.4 Å². The summed E-state index contributed by atoms with van der Waals surface area (Å²) in [5.74, 6) is 0. The van der Waals surface area contributed by atoms with Crippen LogP contribution in [-0.4, -0.2) is 24.1 Å². The molecule has 0 saturated carbocycles. The number of nitrogens with zero attached hydrogens (tertiary/aromatic N) is 4. The first-order valence-corrected chi connectivity index (χ1v) is 7.07. The monoisotopic (exact) mass is 348 g/mol. The molecule has 0 fully saturated rings. The molecule has 0 aliphatic heterocycles. The van der Waals surface area contributed by atoms with Crippen LogP contribution >= 0.6 is 27.5 Å². The Morgan fingerprint density at radius 2 is 1.95 bits per heavy atom. The van der Waals surface area contributed by atoms with Gasteiger partial charge in [0.25, 0.3) is 5.56 Å². The SMILES string of the molecule is CC[C@H](Cl)Cn1c(Br)nc2c1c(=O)n(C)c(=O)n2C. The Bertz CT molecular complexity index is 746. The summed E-state index contributed by atoms with van der Waals surface area (Å²) in [5.41, 5.74) is -0.0145. The van der Waals surface area contributed by atoms with Crippen molar-refractivity contribution in [2.75, 3.05) is 0 Å². The maximum atomic E-state index is 12.2. The minimum atomic E-state index is -0.396. The van der Waals surface area contributed by atoms with Crippen molar-refractivity contribution in [1.29, 1.82) is 0 Å². The van der Waals surface area contributed by atoms with Gasteiger partial charge < -0.3 is 4.57 Å². The Hall–Kier alpha value is -1.08. The molecule has 0 aromatic carbocycles. The van der Waals surface area contributed by atoms with E-state index in [2.05, 4.69) is 20.9 Å². The van der Waals surface area contributed by atoms with E-state index < -0.39 is 5.69 Å². The van der Waals surface area contributed by atoms with E-state index >= 15 is 0 Å². The Morgan fingerprint density at radius 1 is 1.32 bits per heavy atom. The number of rotatable bonds is 3. The number of hydrogen-bond donors (Lipinski definition) is 0. The van der Waals surface area contributed by atoms with Crippen molar-refractivity contribution < 1.29 is 0 Å². The number of halogens is 2. The Morgan fingerprint density at radius 3 is 2.53 bits per heavy atom. The summed E-state index contributed by atoms with van der Waals surface area (Å²) in [6.45, 7) is 2.43. The van der Waals surface area contributed by atoms with Gasteiger partial charge in [0.05, 0.1) is 5.38 Å². The van der Waals surface area contributed by atoms with Gasteiger partial charge in [-0.3, -0.25) is 13.9 Å². The Kier molecular flexibility index (Phi) is 3.87. The zero-order chi connectivity index (χ0) is 14.3. The molecule has 0 amide bonds. The molecule has 2 rings (SSSR count). The molecule has 0 unspecified atom stereocenters. The molecule has 1 atom stereocenters. The number of alkyl halides is 1. The average molecular weight is 350 g/mol. The van der Waals surface area contributed by atoms with Crippen molar-refractivity contribution in [3.63, 3.8) is 0 Å². The number of aromatic nitrogens is 4. The number of fused-ring (bicyclic) bond motifs is 1. The largest absolute Gasteiger partial charge is 0.332 e. The van der Waals surface area contributed by atoms with Crippen LogP contribution in [0.5, 0.6) is 0 Å². The molecule has 0 radical (unpaired) electrons. The quantitative estimate of drug-likeness (QED) is 0.618. The maximum Gasteiger partial charge on any atom is 0.332 e. The Labute approximate surface area is 122 Å². The molecule has 0 saturated heterocycles. The van der Waals surface area contributed by atoms with Crippen LogP contribution in [0.1, 0.15) is 13.3 Å². The molecule has 2 aromatic heterocycles. The van der Waals surface area contributed by atoms with E-state index in [0.717, 1.165) is 11.0 Å². The van der Waals surface area contributed by atoms with Crippen LogP contribution in [0, 0.1) is 0 Å². The van der Waals surface area contributed by atoms with Gasteiger partial charge in [0, 0.05) is 20.6 Å². The fraction of sp³-hybridized carbons (Fsp3) is 0.545. The summed E-state index contributed by atoms with van der Waals surface area (Å²) in [7, 11) is 3.04. The molecule has 0 spiro atoms. The third-order valence-corrected chi connectivity index (χ3v) is 4.18. The molecule has 0 aliphatic carbocycles. The van der Waals surface area contributed by atoms with Crippen LogP contribution in [-0.2, 0) is 20.6 Å². The van der Waals surface area contributed by atoms with Gasteiger partial charge in [0.15, 0.2) is 15.9 Å². The molecule has 0 aliphatic rings. The highest BCUT2D eigenvalue weighted by atomic mass is 79.9. The summed E-state index contributed by atoms with van der Waals surface area (Å²) < 4.78 is 4.63. The maximum absolute atomic E-state index is 12.2. The van der Waals surface area contributed by atoms with Crippen LogP contribution in [0.15, 0.2) is 14.3 Å². The molecule has 0 N–H and O–H groups in total. The standard InChI is InChI=1S/C11H14BrClN4O2/c1-4-6(13)5-17-7-8(14-10(17)12)15(2)11(19)16(3)9(7)18/h6H,4-5H2,1-3H3/t6-/m0/s1. The zero-order valence-corrected chi connectivity index (χ0v) is 13.2. The van der Waals surface area contributed by atoms with E-state index in [4.69, 9.17) is 11.6 Å². The summed E-state index contributed by atoms with van der Waals surface area (Å²) >= 11 is 9.46. The highest BCUT2D eigenvalue weighted by molar-refractivity contribution is 9.10. The number of imidazole rings is 1. The van der Waals surface area contributed by atoms with E-state index in [1.54, 1.807) is 11.6 Å². The molecular weight excluding hydrogens is 336 g/mol. The van der Waals surface area contributed by atoms with E-state index in [-0.39, 0.29) is 10.9 Å². The molecule has 0 bridgehead atoms. The van der Waals surface area contributed by atoms with Crippen LogP contribution in [0.4, 0.5) is 0 Å². The second-order valence-electron chi connectivity index (χ2n) is 4.37. The van der Waals surface area contributed by atoms with Crippen LogP contribution in [0.3, 0.4) is 0 Å². The lowest BCUT2D eigenvalue weighted by molar-refractivity contribution is 0.636. The first-order valence-electron chi connectivity index (χ1n) is 5.84. The first kappa shape index (κ1) is 14.3. The summed E-state index contributed by atoms with van der Waals surface area (Å²) in [5, 5.41) is -0.101. The highest BCUT2D eigenvalue weighted by Gasteiger charge is 2.19.